The minimum atomic E-state index is -3.78. The van der Waals surface area contributed by atoms with Crippen LogP contribution in [0.3, 0.4) is 0 Å². The van der Waals surface area contributed by atoms with Gasteiger partial charge in [0.2, 0.25) is 0 Å². The highest BCUT2D eigenvalue weighted by Gasteiger charge is 2.35. The topological polar surface area (TPSA) is 135 Å². The van der Waals surface area contributed by atoms with Crippen molar-refractivity contribution >= 4 is 27.1 Å². The molecule has 0 saturated heterocycles. The molecule has 2 aromatic heterocycles. The van der Waals surface area contributed by atoms with E-state index in [0.29, 0.717) is 12.8 Å². The normalized spacial score (nSPS) is 25.7. The number of nitrogens with one attached hydrogen (secondary N) is 2. The molecule has 1 fully saturated rings. The number of fused-ring (bicyclic) bond motifs is 2. The first-order valence-corrected chi connectivity index (χ1v) is 12.0. The quantitative estimate of drug-likeness (QED) is 0.458. The lowest BCUT2D eigenvalue weighted by molar-refractivity contribution is 0.133. The molecule has 2 aliphatic rings. The molecule has 0 radical (unpaired) electrons. The fourth-order valence-electron chi connectivity index (χ4n) is 5.00. The first kappa shape index (κ1) is 20.4. The molecule has 164 valence electrons. The van der Waals surface area contributed by atoms with E-state index in [4.69, 9.17) is 5.14 Å². The number of aryl methyl sites for hydroxylation is 1. The summed E-state index contributed by atoms with van der Waals surface area (Å²) in [5.41, 5.74) is 3.50. The Morgan fingerprint density at radius 3 is 2.87 bits per heavy atom. The number of hydrogen-bond acceptors (Lipinski definition) is 6. The summed E-state index contributed by atoms with van der Waals surface area (Å²) >= 11 is 0. The second-order valence-corrected chi connectivity index (χ2v) is 9.84. The van der Waals surface area contributed by atoms with Gasteiger partial charge in [-0.1, -0.05) is 24.3 Å². The highest BCUT2D eigenvalue weighted by Crippen LogP contribution is 2.38. The van der Waals surface area contributed by atoms with Crippen LogP contribution >= 0.6 is 0 Å². The predicted octanol–water partition coefficient (Wildman–Crippen LogP) is 1.64. The zero-order valence-electron chi connectivity index (χ0n) is 17.0. The summed E-state index contributed by atoms with van der Waals surface area (Å²) in [7, 11) is -3.78. The monoisotopic (exact) mass is 442 g/mol. The molecule has 31 heavy (non-hydrogen) atoms. The van der Waals surface area contributed by atoms with Gasteiger partial charge in [-0.15, -0.1) is 0 Å². The standard InChI is InChI=1S/C21H26N6O3S/c22-31(29,30)25-11-14-9-15(10-19(14)28)27-8-7-17-20(23-12-24-21(17)27)26-18-6-5-13-3-1-2-4-16(13)18/h1-4,7-8,12,14-15,18-19,25,28H,5-6,9-11H2,(H2,22,29,30)(H,23,24,26)/t14-,15+,18-,19-/m0/s1. The van der Waals surface area contributed by atoms with Crippen LogP contribution in [0.15, 0.2) is 42.9 Å². The van der Waals surface area contributed by atoms with Crippen LogP contribution < -0.4 is 15.2 Å². The fraction of sp³-hybridized carbons (Fsp3) is 0.429. The lowest BCUT2D eigenvalue weighted by atomic mass is 10.1. The van der Waals surface area contributed by atoms with Gasteiger partial charge in [0.1, 0.15) is 17.8 Å². The number of hydrogen-bond donors (Lipinski definition) is 4. The van der Waals surface area contributed by atoms with Crippen molar-refractivity contribution in [3.63, 3.8) is 0 Å². The number of aliphatic hydroxyl groups excluding tert-OH is 1. The van der Waals surface area contributed by atoms with Crippen molar-refractivity contribution in [2.75, 3.05) is 11.9 Å². The molecule has 0 bridgehead atoms. The van der Waals surface area contributed by atoms with E-state index in [1.54, 1.807) is 6.33 Å². The molecular formula is C21H26N6O3S. The Morgan fingerprint density at radius 2 is 2.03 bits per heavy atom. The molecule has 0 spiro atoms. The maximum atomic E-state index is 11.2. The summed E-state index contributed by atoms with van der Waals surface area (Å²) < 4.78 is 26.7. The number of anilines is 1. The molecule has 0 unspecified atom stereocenters. The van der Waals surface area contributed by atoms with Crippen molar-refractivity contribution in [1.29, 1.82) is 0 Å². The third-order valence-electron chi connectivity index (χ3n) is 6.53. The number of rotatable bonds is 6. The van der Waals surface area contributed by atoms with Crippen LogP contribution in [0.2, 0.25) is 0 Å². The zero-order valence-corrected chi connectivity index (χ0v) is 17.8. The summed E-state index contributed by atoms with van der Waals surface area (Å²) in [6.45, 7) is 0.124. The van der Waals surface area contributed by atoms with Gasteiger partial charge in [0.05, 0.1) is 17.5 Å². The predicted molar refractivity (Wildman–Crippen MR) is 118 cm³/mol. The van der Waals surface area contributed by atoms with Crippen LogP contribution in [-0.2, 0) is 16.6 Å². The minimum Gasteiger partial charge on any atom is -0.393 e. The minimum absolute atomic E-state index is 0.0229. The number of aliphatic hydroxyl groups is 1. The largest absolute Gasteiger partial charge is 0.393 e. The molecule has 9 nitrogen and oxygen atoms in total. The van der Waals surface area contributed by atoms with Crippen LogP contribution in [0.4, 0.5) is 5.82 Å². The molecule has 1 aromatic carbocycles. The Labute approximate surface area is 180 Å². The van der Waals surface area contributed by atoms with Gasteiger partial charge in [-0.25, -0.2) is 19.8 Å². The van der Waals surface area contributed by atoms with Gasteiger partial charge in [0, 0.05) is 24.7 Å². The first-order chi connectivity index (χ1) is 14.9. The van der Waals surface area contributed by atoms with E-state index in [1.807, 2.05) is 12.3 Å². The summed E-state index contributed by atoms with van der Waals surface area (Å²) in [6, 6.07) is 10.7. The van der Waals surface area contributed by atoms with Gasteiger partial charge in [-0.05, 0) is 42.9 Å². The molecular weight excluding hydrogens is 416 g/mol. The third kappa shape index (κ3) is 4.03. The molecule has 5 N–H and O–H groups in total. The smallest absolute Gasteiger partial charge is 0.274 e. The second-order valence-electron chi connectivity index (χ2n) is 8.46. The molecule has 2 aliphatic carbocycles. The van der Waals surface area contributed by atoms with E-state index >= 15 is 0 Å². The Morgan fingerprint density at radius 1 is 1.19 bits per heavy atom. The zero-order chi connectivity index (χ0) is 21.6. The highest BCUT2D eigenvalue weighted by molar-refractivity contribution is 7.87. The van der Waals surface area contributed by atoms with Crippen LogP contribution in [0, 0.1) is 5.92 Å². The molecule has 10 heteroatoms. The van der Waals surface area contributed by atoms with Crippen molar-refractivity contribution in [2.45, 2.75) is 43.9 Å². The average Bonchev–Trinajstić information content (AvgIpc) is 3.43. The Hall–Kier alpha value is -2.53. The lowest BCUT2D eigenvalue weighted by Gasteiger charge is -2.16. The van der Waals surface area contributed by atoms with E-state index < -0.39 is 16.3 Å². The van der Waals surface area contributed by atoms with E-state index in [-0.39, 0.29) is 24.5 Å². The van der Waals surface area contributed by atoms with Gasteiger partial charge in [-0.2, -0.15) is 8.42 Å². The van der Waals surface area contributed by atoms with Crippen molar-refractivity contribution in [3.05, 3.63) is 54.0 Å². The summed E-state index contributed by atoms with van der Waals surface area (Å²) in [4.78, 5) is 8.99. The number of aromatic nitrogens is 3. The SMILES string of the molecule is NS(=O)(=O)NC[C@@H]1C[C@@H](n2ccc3c(N[C@H]4CCc5ccccc54)ncnc32)C[C@@H]1O. The fourth-order valence-corrected chi connectivity index (χ4v) is 5.44. The molecule has 2 heterocycles. The van der Waals surface area contributed by atoms with E-state index in [1.165, 1.54) is 11.1 Å². The first-order valence-electron chi connectivity index (χ1n) is 10.5. The van der Waals surface area contributed by atoms with E-state index in [0.717, 1.165) is 29.7 Å². The maximum absolute atomic E-state index is 11.2. The van der Waals surface area contributed by atoms with Crippen LogP contribution in [-0.4, -0.2) is 40.7 Å². The third-order valence-corrected chi connectivity index (χ3v) is 7.09. The van der Waals surface area contributed by atoms with Crippen molar-refractivity contribution in [3.8, 4) is 0 Å². The van der Waals surface area contributed by atoms with Crippen molar-refractivity contribution in [1.82, 2.24) is 19.3 Å². The Bertz CT molecular complexity index is 1210. The second kappa shape index (κ2) is 7.86. The van der Waals surface area contributed by atoms with Crippen LogP contribution in [0.5, 0.6) is 0 Å². The Kier molecular flexibility index (Phi) is 5.17. The number of nitrogens with two attached hydrogens (primary N) is 1. The van der Waals surface area contributed by atoms with Crippen molar-refractivity contribution < 1.29 is 13.5 Å². The molecule has 0 aliphatic heterocycles. The summed E-state index contributed by atoms with van der Waals surface area (Å²) in [6.07, 6.45) is 6.18. The molecule has 3 aromatic rings. The summed E-state index contributed by atoms with van der Waals surface area (Å²) in [5, 5.41) is 20.0. The molecule has 4 atom stereocenters. The van der Waals surface area contributed by atoms with Gasteiger partial charge in [-0.3, -0.25) is 0 Å². The van der Waals surface area contributed by atoms with Gasteiger partial charge >= 0.3 is 0 Å². The summed E-state index contributed by atoms with van der Waals surface area (Å²) in [5.74, 6) is 0.603. The maximum Gasteiger partial charge on any atom is 0.274 e. The van der Waals surface area contributed by atoms with E-state index in [2.05, 4.69) is 48.8 Å². The van der Waals surface area contributed by atoms with Crippen LogP contribution in [0.1, 0.15) is 42.5 Å². The van der Waals surface area contributed by atoms with Gasteiger partial charge in [0.15, 0.2) is 0 Å². The lowest BCUT2D eigenvalue weighted by Crippen LogP contribution is -2.36. The number of benzene rings is 1. The average molecular weight is 443 g/mol. The van der Waals surface area contributed by atoms with Crippen LogP contribution in [0.25, 0.3) is 11.0 Å². The van der Waals surface area contributed by atoms with Gasteiger partial charge < -0.3 is 15.0 Å². The van der Waals surface area contributed by atoms with E-state index in [9.17, 15) is 13.5 Å². The Balaban J connectivity index is 1.37. The van der Waals surface area contributed by atoms with Crippen molar-refractivity contribution in [2.24, 2.45) is 11.1 Å². The molecule has 1 saturated carbocycles. The molecule has 5 rings (SSSR count). The molecule has 0 amide bonds. The number of nitrogens with zero attached hydrogens (tertiary/aromatic N) is 3. The highest BCUT2D eigenvalue weighted by atomic mass is 32.2. The van der Waals surface area contributed by atoms with Gasteiger partial charge in [0.25, 0.3) is 10.2 Å².